The Morgan fingerprint density at radius 1 is 0.741 bits per heavy atom. The van der Waals surface area contributed by atoms with Gasteiger partial charge in [-0.2, -0.15) is 0 Å². The molecule has 2 aromatic rings. The molecule has 0 radical (unpaired) electrons. The highest BCUT2D eigenvalue weighted by Crippen LogP contribution is 2.48. The van der Waals surface area contributed by atoms with Crippen LogP contribution in [0.5, 0.6) is 0 Å². The van der Waals surface area contributed by atoms with Gasteiger partial charge in [-0.3, -0.25) is 0 Å². The quantitative estimate of drug-likeness (QED) is 0.352. The molecule has 0 N–H and O–H groups in total. The molecule has 0 heterocycles. The normalized spacial score (nSPS) is 14.1. The number of hydrogen-bond acceptors (Lipinski definition) is 1. The van der Waals surface area contributed by atoms with Crippen LogP contribution >= 0.6 is 0 Å². The van der Waals surface area contributed by atoms with Gasteiger partial charge < -0.3 is 4.74 Å². The monoisotopic (exact) mass is 366 g/mol. The van der Waals surface area contributed by atoms with Gasteiger partial charge in [0.15, 0.2) is 0 Å². The second-order valence-electron chi connectivity index (χ2n) is 8.46. The maximum absolute atomic E-state index is 6.39. The van der Waals surface area contributed by atoms with E-state index in [1.54, 1.807) is 0 Å². The summed E-state index contributed by atoms with van der Waals surface area (Å²) in [4.78, 5) is 0. The standard InChI is InChI=1S/C26H38O/c1-5-6-7-8-9-16-21-25(2,3)26(27-4,24-19-14-11-15-20-24)22-23-17-12-10-13-18-23/h10-15,17-20H,5-9,16,21-22H2,1-4H3. The summed E-state index contributed by atoms with van der Waals surface area (Å²) in [7, 11) is 1.89. The summed E-state index contributed by atoms with van der Waals surface area (Å²) in [6, 6.07) is 21.6. The van der Waals surface area contributed by atoms with Crippen LogP contribution in [-0.2, 0) is 16.8 Å². The Kier molecular flexibility index (Phi) is 8.57. The molecule has 0 aliphatic carbocycles. The predicted octanol–water partition coefficient (Wildman–Crippen LogP) is 7.55. The smallest absolute Gasteiger partial charge is 0.102 e. The van der Waals surface area contributed by atoms with Crippen molar-refractivity contribution in [3.8, 4) is 0 Å². The molecule has 0 bridgehead atoms. The molecule has 0 aliphatic heterocycles. The van der Waals surface area contributed by atoms with Gasteiger partial charge in [0.2, 0.25) is 0 Å². The Hall–Kier alpha value is -1.60. The first kappa shape index (κ1) is 21.7. The maximum Gasteiger partial charge on any atom is 0.102 e. The molecule has 148 valence electrons. The summed E-state index contributed by atoms with van der Waals surface area (Å²) >= 11 is 0. The summed E-state index contributed by atoms with van der Waals surface area (Å²) in [5, 5.41) is 0. The van der Waals surface area contributed by atoms with Gasteiger partial charge in [0, 0.05) is 13.5 Å². The molecule has 0 amide bonds. The first-order valence-corrected chi connectivity index (χ1v) is 10.7. The summed E-state index contributed by atoms with van der Waals surface area (Å²) in [5.41, 5.74) is 2.34. The minimum absolute atomic E-state index is 0.0453. The molecule has 1 nitrogen and oxygen atoms in total. The minimum Gasteiger partial charge on any atom is -0.373 e. The van der Waals surface area contributed by atoms with Gasteiger partial charge in [-0.1, -0.05) is 120 Å². The van der Waals surface area contributed by atoms with E-state index in [-0.39, 0.29) is 11.0 Å². The molecule has 1 unspecified atom stereocenters. The second-order valence-corrected chi connectivity index (χ2v) is 8.46. The summed E-state index contributed by atoms with van der Waals surface area (Å²) < 4.78 is 6.39. The second kappa shape index (κ2) is 10.7. The molecular formula is C26H38O. The van der Waals surface area contributed by atoms with Crippen LogP contribution in [0.15, 0.2) is 60.7 Å². The van der Waals surface area contributed by atoms with E-state index < -0.39 is 0 Å². The Bertz CT molecular complexity index is 632. The predicted molar refractivity (Wildman–Crippen MR) is 117 cm³/mol. The Morgan fingerprint density at radius 2 is 1.30 bits per heavy atom. The van der Waals surface area contributed by atoms with Crippen molar-refractivity contribution in [3.05, 3.63) is 71.8 Å². The van der Waals surface area contributed by atoms with E-state index in [1.807, 2.05) is 7.11 Å². The van der Waals surface area contributed by atoms with Crippen LogP contribution in [0.4, 0.5) is 0 Å². The van der Waals surface area contributed by atoms with Gasteiger partial charge in [0.25, 0.3) is 0 Å². The number of unbranched alkanes of at least 4 members (excludes halogenated alkanes) is 5. The van der Waals surface area contributed by atoms with Crippen LogP contribution in [0.2, 0.25) is 0 Å². The lowest BCUT2D eigenvalue weighted by molar-refractivity contribution is -0.111. The third-order valence-electron chi connectivity index (χ3n) is 6.13. The SMILES string of the molecule is CCCCCCCCC(C)(C)C(Cc1ccccc1)(OC)c1ccccc1. The molecule has 2 rings (SSSR count). The summed E-state index contributed by atoms with van der Waals surface area (Å²) in [6.07, 6.45) is 10.1. The van der Waals surface area contributed by atoms with Gasteiger partial charge in [-0.15, -0.1) is 0 Å². The van der Waals surface area contributed by atoms with E-state index in [1.165, 1.54) is 56.1 Å². The van der Waals surface area contributed by atoms with Gasteiger partial charge in [-0.05, 0) is 23.0 Å². The average molecular weight is 367 g/mol. The van der Waals surface area contributed by atoms with Crippen molar-refractivity contribution in [1.29, 1.82) is 0 Å². The molecule has 2 aromatic carbocycles. The average Bonchev–Trinajstić information content (AvgIpc) is 2.70. The maximum atomic E-state index is 6.39. The van der Waals surface area contributed by atoms with Crippen LogP contribution in [-0.4, -0.2) is 7.11 Å². The van der Waals surface area contributed by atoms with Crippen LogP contribution < -0.4 is 0 Å². The zero-order chi connectivity index (χ0) is 19.6. The van der Waals surface area contributed by atoms with E-state index in [2.05, 4.69) is 81.4 Å². The molecule has 1 heteroatoms. The minimum atomic E-state index is -0.320. The first-order chi connectivity index (χ1) is 13.1. The molecule has 0 aliphatic rings. The lowest BCUT2D eigenvalue weighted by Gasteiger charge is -2.47. The Labute approximate surface area is 167 Å². The van der Waals surface area contributed by atoms with Crippen molar-refractivity contribution in [2.75, 3.05) is 7.11 Å². The third-order valence-corrected chi connectivity index (χ3v) is 6.13. The first-order valence-electron chi connectivity index (χ1n) is 10.7. The number of hydrogen-bond donors (Lipinski definition) is 0. The van der Waals surface area contributed by atoms with Crippen molar-refractivity contribution in [1.82, 2.24) is 0 Å². The fraction of sp³-hybridized carbons (Fsp3) is 0.538. The molecule has 0 fully saturated rings. The molecule has 27 heavy (non-hydrogen) atoms. The van der Waals surface area contributed by atoms with E-state index in [9.17, 15) is 0 Å². The number of benzene rings is 2. The van der Waals surface area contributed by atoms with E-state index >= 15 is 0 Å². The zero-order valence-corrected chi connectivity index (χ0v) is 17.8. The largest absolute Gasteiger partial charge is 0.373 e. The molecule has 0 saturated carbocycles. The molecule has 0 aromatic heterocycles. The fourth-order valence-corrected chi connectivity index (χ4v) is 4.34. The highest BCUT2D eigenvalue weighted by molar-refractivity contribution is 5.30. The van der Waals surface area contributed by atoms with Gasteiger partial charge in [0.1, 0.15) is 5.60 Å². The van der Waals surface area contributed by atoms with Crippen LogP contribution in [0.3, 0.4) is 0 Å². The number of rotatable bonds is 12. The Balaban J connectivity index is 2.22. The zero-order valence-electron chi connectivity index (χ0n) is 17.8. The van der Waals surface area contributed by atoms with E-state index in [0.717, 1.165) is 6.42 Å². The fourth-order valence-electron chi connectivity index (χ4n) is 4.34. The van der Waals surface area contributed by atoms with E-state index in [0.29, 0.717) is 0 Å². The third kappa shape index (κ3) is 5.69. The summed E-state index contributed by atoms with van der Waals surface area (Å²) in [6.45, 7) is 7.05. The Morgan fingerprint density at radius 3 is 1.89 bits per heavy atom. The van der Waals surface area contributed by atoms with E-state index in [4.69, 9.17) is 4.74 Å². The lowest BCUT2D eigenvalue weighted by atomic mass is 9.65. The molecule has 0 saturated heterocycles. The van der Waals surface area contributed by atoms with Crippen LogP contribution in [0.25, 0.3) is 0 Å². The lowest BCUT2D eigenvalue weighted by Crippen LogP contribution is -2.45. The van der Waals surface area contributed by atoms with Crippen molar-refractivity contribution >= 4 is 0 Å². The number of methoxy groups -OCH3 is 1. The van der Waals surface area contributed by atoms with Crippen molar-refractivity contribution in [2.24, 2.45) is 5.41 Å². The molecular weight excluding hydrogens is 328 g/mol. The van der Waals surface area contributed by atoms with Crippen molar-refractivity contribution in [2.45, 2.75) is 77.7 Å². The van der Waals surface area contributed by atoms with Gasteiger partial charge in [0.05, 0.1) is 0 Å². The van der Waals surface area contributed by atoms with Crippen molar-refractivity contribution < 1.29 is 4.74 Å². The summed E-state index contributed by atoms with van der Waals surface area (Å²) in [5.74, 6) is 0. The highest BCUT2D eigenvalue weighted by Gasteiger charge is 2.46. The topological polar surface area (TPSA) is 9.23 Å². The molecule has 0 spiro atoms. The van der Waals surface area contributed by atoms with Crippen LogP contribution in [0, 0.1) is 5.41 Å². The van der Waals surface area contributed by atoms with Crippen LogP contribution in [0.1, 0.15) is 76.8 Å². The highest BCUT2D eigenvalue weighted by atomic mass is 16.5. The number of ether oxygens (including phenoxy) is 1. The molecule has 1 atom stereocenters. The van der Waals surface area contributed by atoms with Crippen molar-refractivity contribution in [3.63, 3.8) is 0 Å². The van der Waals surface area contributed by atoms with Gasteiger partial charge >= 0.3 is 0 Å². The van der Waals surface area contributed by atoms with Gasteiger partial charge in [-0.25, -0.2) is 0 Å².